The van der Waals surface area contributed by atoms with E-state index in [9.17, 15) is 21.0 Å². The zero-order valence-electron chi connectivity index (χ0n) is 62.9. The Morgan fingerprint density at radius 1 is 0.426 bits per heavy atom. The summed E-state index contributed by atoms with van der Waals surface area (Å²) in [5, 5.41) is 40.7. The summed E-state index contributed by atoms with van der Waals surface area (Å²) in [4.78, 5) is 24.4. The molecule has 3 aliphatic rings. The van der Waals surface area contributed by atoms with Crippen LogP contribution in [0.3, 0.4) is 0 Å². The lowest BCUT2D eigenvalue weighted by molar-refractivity contribution is 0.506. The van der Waals surface area contributed by atoms with Crippen molar-refractivity contribution < 1.29 is 0 Å². The van der Waals surface area contributed by atoms with Gasteiger partial charge in [0.15, 0.2) is 0 Å². The summed E-state index contributed by atoms with van der Waals surface area (Å²) in [6.07, 6.45) is 10.6. The van der Waals surface area contributed by atoms with E-state index < -0.39 is 0 Å². The van der Waals surface area contributed by atoms with Gasteiger partial charge < -0.3 is 19.8 Å². The number of H-pyrrole nitrogens is 2. The minimum Gasteiger partial charge on any atom is -0.378 e. The molecule has 0 saturated carbocycles. The van der Waals surface area contributed by atoms with Crippen LogP contribution < -0.4 is 9.80 Å². The number of benzene rings is 5. The Morgan fingerprint density at radius 2 is 0.772 bits per heavy atom. The van der Waals surface area contributed by atoms with Crippen LogP contribution in [0.4, 0.5) is 11.4 Å². The number of hydrogen-bond donors (Lipinski definition) is 2. The minimum atomic E-state index is -0.289. The fourth-order valence-corrected chi connectivity index (χ4v) is 13.7. The van der Waals surface area contributed by atoms with Crippen LogP contribution in [-0.4, -0.2) is 47.1 Å². The van der Waals surface area contributed by atoms with Crippen molar-refractivity contribution in [1.29, 1.82) is 21.0 Å². The molecule has 5 aromatic carbocycles. The van der Waals surface area contributed by atoms with E-state index in [4.69, 9.17) is 9.97 Å². The maximum atomic E-state index is 10.2. The lowest BCUT2D eigenvalue weighted by atomic mass is 9.78. The van der Waals surface area contributed by atoms with E-state index in [1.165, 1.54) is 38.9 Å². The molecule has 0 aliphatic carbocycles. The summed E-state index contributed by atoms with van der Waals surface area (Å²) < 4.78 is 0. The predicted octanol–water partition coefficient (Wildman–Crippen LogP) is 22.1. The molecule has 3 aliphatic heterocycles. The molecule has 2 N–H and O–H groups in total. The normalized spacial score (nSPS) is 13.5. The monoisotopic (exact) mass is 1330 g/mol. The maximum Gasteiger partial charge on any atom is 0.145 e. The topological polar surface area (TPSA) is 159 Å². The number of nitriles is 4. The first-order valence-corrected chi connectivity index (χ1v) is 35.3. The number of anilines is 2. The number of aromatic amines is 2. The van der Waals surface area contributed by atoms with Crippen molar-refractivity contribution in [2.45, 2.75) is 176 Å². The quantitative estimate of drug-likeness (QED) is 0.0864. The Balaban J connectivity index is 1.12. The number of hydrogen-bond acceptors (Lipinski definition) is 8. The Kier molecular flexibility index (Phi) is 19.2. The van der Waals surface area contributed by atoms with Crippen LogP contribution in [0, 0.1) is 57.2 Å². The number of allylic oxidation sites excluding steroid dienone is 4. The van der Waals surface area contributed by atoms with Crippen LogP contribution in [0.2, 0.25) is 0 Å². The van der Waals surface area contributed by atoms with Gasteiger partial charge in [-0.2, -0.15) is 21.0 Å². The number of nitrogens with one attached hydrogen (secondary N) is 2. The fourth-order valence-electron chi connectivity index (χ4n) is 13.7. The fraction of sp³-hybridized carbons (Fsp3) is 0.341. The number of piperidine rings is 1. The third kappa shape index (κ3) is 15.1. The third-order valence-corrected chi connectivity index (χ3v) is 20.0. The summed E-state index contributed by atoms with van der Waals surface area (Å²) in [6, 6.07) is 53.7. The molecule has 0 radical (unpaired) electrons. The molecule has 0 atom stereocenters. The van der Waals surface area contributed by atoms with Gasteiger partial charge in [-0.25, -0.2) is 9.97 Å². The first-order valence-electron chi connectivity index (χ1n) is 35.3. The third-order valence-electron chi connectivity index (χ3n) is 20.0. The summed E-state index contributed by atoms with van der Waals surface area (Å²) in [5.74, 6) is 6.34. The Bertz CT molecular complexity index is 4970. The van der Waals surface area contributed by atoms with Crippen LogP contribution in [0.25, 0.3) is 85.3 Å². The standard InChI is InChI=1S/C91H96N10/c1-86(2,3)64-43-59(44-65(49-64)87(4,5)6)83-75-33-31-73(96-75)82(58-39-41-101(42-40-58)71-26-21-56(22-27-71)23-30-72(62(52-92)53-93)81(63(54-94)55-95)57-24-28-70(29-25-57)100(19)20)74-32-34-76(97-74)84(60-45-66(88(7,8)9)50-67(46-60)89(10,11)12)78-36-38-80(99-78)85(79-37-35-77(83)98-79)61-47-68(90(13,14)15)51-69(48-61)91(16,17)18/h21-22,24-29,31-38,43-51,58,96,99H,39-42H2,1-20H3. The molecule has 10 nitrogen and oxygen atoms in total. The van der Waals surface area contributed by atoms with E-state index in [-0.39, 0.29) is 60.7 Å². The summed E-state index contributed by atoms with van der Waals surface area (Å²) >= 11 is 0. The van der Waals surface area contributed by atoms with E-state index in [2.05, 4.69) is 267 Å². The van der Waals surface area contributed by atoms with Gasteiger partial charge in [0.2, 0.25) is 0 Å². The van der Waals surface area contributed by atoms with Crippen molar-refractivity contribution in [2.24, 2.45) is 0 Å². The van der Waals surface area contributed by atoms with Crippen LogP contribution >= 0.6 is 0 Å². The molecule has 10 heteroatoms. The molecule has 0 spiro atoms. The average molecular weight is 1330 g/mol. The van der Waals surface area contributed by atoms with Crippen LogP contribution in [-0.2, 0) is 32.5 Å². The van der Waals surface area contributed by atoms with Crippen molar-refractivity contribution in [1.82, 2.24) is 19.9 Å². The largest absolute Gasteiger partial charge is 0.378 e. The van der Waals surface area contributed by atoms with Gasteiger partial charge in [0.05, 0.1) is 28.3 Å². The summed E-state index contributed by atoms with van der Waals surface area (Å²) in [6.45, 7) is 43.0. The van der Waals surface area contributed by atoms with Gasteiger partial charge in [-0.05, 0) is 192 Å². The van der Waals surface area contributed by atoms with Crippen LogP contribution in [0.15, 0.2) is 144 Å². The predicted molar refractivity (Wildman–Crippen MR) is 422 cm³/mol. The molecule has 1 saturated heterocycles. The van der Waals surface area contributed by atoms with E-state index in [1.807, 2.05) is 67.5 Å². The van der Waals surface area contributed by atoms with Gasteiger partial charge in [-0.1, -0.05) is 203 Å². The molecule has 0 amide bonds. The second-order valence-electron chi connectivity index (χ2n) is 33.9. The highest BCUT2D eigenvalue weighted by Crippen LogP contribution is 2.45. The molecule has 101 heavy (non-hydrogen) atoms. The lowest BCUT2D eigenvalue weighted by Crippen LogP contribution is -2.33. The number of aromatic nitrogens is 4. The molecule has 0 unspecified atom stereocenters. The maximum absolute atomic E-state index is 10.2. The molecule has 3 aromatic heterocycles. The Morgan fingerprint density at radius 3 is 1.13 bits per heavy atom. The van der Waals surface area contributed by atoms with Crippen molar-refractivity contribution in [3.05, 3.63) is 217 Å². The van der Waals surface area contributed by atoms with Crippen molar-refractivity contribution >= 4 is 63.3 Å². The zero-order chi connectivity index (χ0) is 73.1. The Labute approximate surface area is 600 Å². The number of rotatable bonds is 8. The smallest absolute Gasteiger partial charge is 0.145 e. The molecular formula is C91H96N10. The first-order chi connectivity index (χ1) is 47.4. The van der Waals surface area contributed by atoms with Crippen molar-refractivity contribution in [3.63, 3.8) is 0 Å². The molecular weight excluding hydrogens is 1230 g/mol. The molecule has 1 fully saturated rings. The SMILES string of the molecule is CN(C)c1ccc(C(=C(C#N)C#N)C(C#Cc2ccc(N3CCC(c4c5nc(c(-c6cc(C(C)(C)C)cc(C(C)(C)C)c6)c6ccc([nH]6)c(-c6cc(C(C)(C)C)cc(C(C)(C)C)c6)c6nc(c(-c7cc(C(C)(C)C)cc(C(C)(C)C)c7)c7ccc4[nH]7)C=C6)C=C5)CC3)cc2)=C(C#N)C#N)cc1. The molecule has 510 valence electrons. The highest BCUT2D eigenvalue weighted by molar-refractivity contribution is 5.99. The van der Waals surface area contributed by atoms with Gasteiger partial charge in [0.25, 0.3) is 0 Å². The summed E-state index contributed by atoms with van der Waals surface area (Å²) in [5.41, 5.74) is 24.5. The van der Waals surface area contributed by atoms with Crippen molar-refractivity contribution in [3.8, 4) is 69.5 Å². The minimum absolute atomic E-state index is 0.0199. The number of nitrogens with zero attached hydrogens (tertiary/aromatic N) is 8. The molecule has 11 rings (SSSR count). The summed E-state index contributed by atoms with van der Waals surface area (Å²) in [7, 11) is 3.83. The van der Waals surface area contributed by atoms with Gasteiger partial charge in [-0.3, -0.25) is 0 Å². The van der Waals surface area contributed by atoms with Gasteiger partial charge in [0.1, 0.15) is 35.4 Å². The number of fused-ring (bicyclic) bond motifs is 8. The van der Waals surface area contributed by atoms with E-state index in [1.54, 1.807) is 12.1 Å². The van der Waals surface area contributed by atoms with Crippen LogP contribution in [0.5, 0.6) is 0 Å². The zero-order valence-corrected chi connectivity index (χ0v) is 62.9. The Hall–Kier alpha value is -10.7. The van der Waals surface area contributed by atoms with Crippen LogP contribution in [0.1, 0.15) is 216 Å². The first kappa shape index (κ1) is 71.6. The van der Waals surface area contributed by atoms with Crippen molar-refractivity contribution in [2.75, 3.05) is 37.0 Å². The molecule has 6 heterocycles. The highest BCUT2D eigenvalue weighted by Gasteiger charge is 2.31. The molecule has 8 bridgehead atoms. The lowest BCUT2D eigenvalue weighted by Gasteiger charge is -2.34. The molecule has 8 aromatic rings. The van der Waals surface area contributed by atoms with Gasteiger partial charge in [0, 0.05) is 94.0 Å². The average Bonchev–Trinajstić information content (AvgIpc) is 1.65. The van der Waals surface area contributed by atoms with Gasteiger partial charge in [-0.15, -0.1) is 0 Å². The second kappa shape index (κ2) is 27.1. The van der Waals surface area contributed by atoms with E-state index >= 15 is 0 Å². The van der Waals surface area contributed by atoms with Gasteiger partial charge >= 0.3 is 0 Å². The van der Waals surface area contributed by atoms with E-state index in [0.717, 1.165) is 116 Å². The highest BCUT2D eigenvalue weighted by atomic mass is 15.1. The second-order valence-corrected chi connectivity index (χ2v) is 33.9. The van der Waals surface area contributed by atoms with E-state index in [0.29, 0.717) is 11.1 Å².